The molecule has 1 saturated heterocycles. The van der Waals surface area contributed by atoms with E-state index in [1.807, 2.05) is 13.8 Å². The van der Waals surface area contributed by atoms with Gasteiger partial charge in [0.25, 0.3) is 5.91 Å². The van der Waals surface area contributed by atoms with Crippen LogP contribution in [0.2, 0.25) is 0 Å². The van der Waals surface area contributed by atoms with Crippen LogP contribution in [0.1, 0.15) is 39.2 Å². The summed E-state index contributed by atoms with van der Waals surface area (Å²) in [5, 5.41) is 5.49. The SMILES string of the molecule is CCC[C@H](C)NC(=O)CN1C(=O)N[C@](C)(c2ccc(OC)cc2)C1=O. The van der Waals surface area contributed by atoms with Gasteiger partial charge in [-0.25, -0.2) is 4.79 Å². The van der Waals surface area contributed by atoms with Crippen molar-refractivity contribution in [1.82, 2.24) is 15.5 Å². The van der Waals surface area contributed by atoms with Gasteiger partial charge in [0.15, 0.2) is 0 Å². The Morgan fingerprint density at radius 1 is 1.32 bits per heavy atom. The number of carbonyl (C=O) groups is 3. The largest absolute Gasteiger partial charge is 0.497 e. The molecule has 2 rings (SSSR count). The fourth-order valence-electron chi connectivity index (χ4n) is 2.93. The van der Waals surface area contributed by atoms with Crippen molar-refractivity contribution in [3.63, 3.8) is 0 Å². The number of ether oxygens (including phenoxy) is 1. The zero-order chi connectivity index (χ0) is 18.6. The first-order valence-electron chi connectivity index (χ1n) is 8.39. The number of nitrogens with one attached hydrogen (secondary N) is 2. The fourth-order valence-corrected chi connectivity index (χ4v) is 2.93. The van der Waals surface area contributed by atoms with Gasteiger partial charge in [-0.3, -0.25) is 14.5 Å². The Bertz CT molecular complexity index is 659. The molecule has 0 radical (unpaired) electrons. The Labute approximate surface area is 147 Å². The minimum Gasteiger partial charge on any atom is -0.497 e. The molecule has 0 bridgehead atoms. The quantitative estimate of drug-likeness (QED) is 0.736. The third-order valence-electron chi connectivity index (χ3n) is 4.37. The van der Waals surface area contributed by atoms with E-state index in [2.05, 4.69) is 10.6 Å². The van der Waals surface area contributed by atoms with Crippen molar-refractivity contribution in [2.75, 3.05) is 13.7 Å². The lowest BCUT2D eigenvalue weighted by Gasteiger charge is -2.22. The summed E-state index contributed by atoms with van der Waals surface area (Å²) in [5.41, 5.74) is -0.563. The molecule has 2 atom stereocenters. The first-order chi connectivity index (χ1) is 11.8. The average Bonchev–Trinajstić information content (AvgIpc) is 2.79. The second-order valence-electron chi connectivity index (χ2n) is 6.43. The second kappa shape index (κ2) is 7.55. The van der Waals surface area contributed by atoms with Gasteiger partial charge in [-0.05, 0) is 38.0 Å². The smallest absolute Gasteiger partial charge is 0.325 e. The molecule has 0 unspecified atom stereocenters. The number of carbonyl (C=O) groups excluding carboxylic acids is 3. The summed E-state index contributed by atoms with van der Waals surface area (Å²) in [6.45, 7) is 5.27. The lowest BCUT2D eigenvalue weighted by molar-refractivity contribution is -0.135. The number of nitrogens with zero attached hydrogens (tertiary/aromatic N) is 1. The van der Waals surface area contributed by atoms with Crippen LogP contribution >= 0.6 is 0 Å². The normalized spacial score (nSPS) is 21.0. The Hall–Kier alpha value is -2.57. The number of amides is 4. The van der Waals surface area contributed by atoms with Gasteiger partial charge in [0.1, 0.15) is 17.8 Å². The minimum absolute atomic E-state index is 0.00578. The number of rotatable bonds is 7. The molecule has 1 heterocycles. The number of urea groups is 1. The molecule has 1 aromatic rings. The van der Waals surface area contributed by atoms with Crippen molar-refractivity contribution < 1.29 is 19.1 Å². The molecule has 4 amide bonds. The Morgan fingerprint density at radius 2 is 1.96 bits per heavy atom. The molecule has 7 nitrogen and oxygen atoms in total. The molecule has 7 heteroatoms. The first kappa shape index (κ1) is 18.8. The Morgan fingerprint density at radius 3 is 2.52 bits per heavy atom. The van der Waals surface area contributed by atoms with E-state index in [4.69, 9.17) is 4.74 Å². The molecule has 0 aliphatic carbocycles. The Kier molecular flexibility index (Phi) is 5.66. The van der Waals surface area contributed by atoms with Crippen LogP contribution < -0.4 is 15.4 Å². The molecule has 2 N–H and O–H groups in total. The third-order valence-corrected chi connectivity index (χ3v) is 4.37. The molecule has 0 aromatic heterocycles. The maximum atomic E-state index is 12.8. The van der Waals surface area contributed by atoms with Gasteiger partial charge in [-0.15, -0.1) is 0 Å². The molecule has 0 saturated carbocycles. The highest BCUT2D eigenvalue weighted by Crippen LogP contribution is 2.29. The van der Waals surface area contributed by atoms with E-state index in [1.165, 1.54) is 0 Å². The van der Waals surface area contributed by atoms with Crippen LogP contribution in [-0.4, -0.2) is 42.4 Å². The summed E-state index contributed by atoms with van der Waals surface area (Å²) in [4.78, 5) is 38.1. The van der Waals surface area contributed by atoms with Crippen molar-refractivity contribution in [2.24, 2.45) is 0 Å². The first-order valence-corrected chi connectivity index (χ1v) is 8.39. The number of hydrogen-bond donors (Lipinski definition) is 2. The number of hydrogen-bond acceptors (Lipinski definition) is 4. The maximum absolute atomic E-state index is 12.8. The van der Waals surface area contributed by atoms with Crippen molar-refractivity contribution in [1.29, 1.82) is 0 Å². The van der Waals surface area contributed by atoms with E-state index in [0.29, 0.717) is 11.3 Å². The van der Waals surface area contributed by atoms with E-state index < -0.39 is 17.5 Å². The van der Waals surface area contributed by atoms with Crippen LogP contribution in [0.25, 0.3) is 0 Å². The third kappa shape index (κ3) is 3.92. The predicted octanol–water partition coefficient (Wildman–Crippen LogP) is 1.77. The van der Waals surface area contributed by atoms with Crippen molar-refractivity contribution in [3.8, 4) is 5.75 Å². The fraction of sp³-hybridized carbons (Fsp3) is 0.500. The van der Waals surface area contributed by atoms with E-state index in [1.54, 1.807) is 38.3 Å². The summed E-state index contributed by atoms with van der Waals surface area (Å²) in [7, 11) is 1.55. The van der Waals surface area contributed by atoms with Gasteiger partial charge in [-0.2, -0.15) is 0 Å². The lowest BCUT2D eigenvalue weighted by Crippen LogP contribution is -2.44. The van der Waals surface area contributed by atoms with Crippen LogP contribution in [0.15, 0.2) is 24.3 Å². The zero-order valence-corrected chi connectivity index (χ0v) is 15.1. The summed E-state index contributed by atoms with van der Waals surface area (Å²) in [5.74, 6) is -0.130. The van der Waals surface area contributed by atoms with Crippen molar-refractivity contribution in [2.45, 2.75) is 45.2 Å². The molecule has 1 aliphatic rings. The highest BCUT2D eigenvalue weighted by atomic mass is 16.5. The zero-order valence-electron chi connectivity index (χ0n) is 15.1. The van der Waals surface area contributed by atoms with Gasteiger partial charge in [-0.1, -0.05) is 25.5 Å². The molecule has 0 spiro atoms. The number of methoxy groups -OCH3 is 1. The second-order valence-corrected chi connectivity index (χ2v) is 6.43. The van der Waals surface area contributed by atoms with Crippen molar-refractivity contribution >= 4 is 17.8 Å². The van der Waals surface area contributed by atoms with Gasteiger partial charge in [0.05, 0.1) is 7.11 Å². The molecular formula is C18H25N3O4. The van der Waals surface area contributed by atoms with Crippen LogP contribution in [0.3, 0.4) is 0 Å². The van der Waals surface area contributed by atoms with Crippen LogP contribution in [0.5, 0.6) is 5.75 Å². The van der Waals surface area contributed by atoms with Gasteiger partial charge < -0.3 is 15.4 Å². The van der Waals surface area contributed by atoms with E-state index in [9.17, 15) is 14.4 Å². The molecule has 25 heavy (non-hydrogen) atoms. The highest BCUT2D eigenvalue weighted by Gasteiger charge is 2.49. The monoisotopic (exact) mass is 347 g/mol. The average molecular weight is 347 g/mol. The van der Waals surface area contributed by atoms with Crippen molar-refractivity contribution in [3.05, 3.63) is 29.8 Å². The maximum Gasteiger partial charge on any atom is 0.325 e. The number of benzene rings is 1. The molecular weight excluding hydrogens is 322 g/mol. The molecule has 136 valence electrons. The lowest BCUT2D eigenvalue weighted by atomic mass is 9.92. The summed E-state index contributed by atoms with van der Waals surface area (Å²) in [6, 6.07) is 6.34. The predicted molar refractivity (Wildman–Crippen MR) is 93.1 cm³/mol. The van der Waals surface area contributed by atoms with Crippen LogP contribution in [0.4, 0.5) is 4.79 Å². The molecule has 1 aliphatic heterocycles. The summed E-state index contributed by atoms with van der Waals surface area (Å²) in [6.07, 6.45) is 1.79. The minimum atomic E-state index is -1.20. The highest BCUT2D eigenvalue weighted by molar-refractivity contribution is 6.09. The van der Waals surface area contributed by atoms with Gasteiger partial charge in [0, 0.05) is 6.04 Å². The number of imide groups is 1. The van der Waals surface area contributed by atoms with E-state index in [-0.39, 0.29) is 18.5 Å². The molecule has 1 aromatic carbocycles. The van der Waals surface area contributed by atoms with E-state index in [0.717, 1.165) is 17.7 Å². The Balaban J connectivity index is 2.11. The molecule has 1 fully saturated rings. The van der Waals surface area contributed by atoms with Gasteiger partial charge >= 0.3 is 6.03 Å². The van der Waals surface area contributed by atoms with Gasteiger partial charge in [0.2, 0.25) is 5.91 Å². The topological polar surface area (TPSA) is 87.7 Å². The van der Waals surface area contributed by atoms with E-state index >= 15 is 0 Å². The standard InChI is InChI=1S/C18H25N3O4/c1-5-6-12(2)19-15(22)11-21-16(23)18(3,20-17(21)24)13-7-9-14(25-4)10-8-13/h7-10,12H,5-6,11H2,1-4H3,(H,19,22)(H,20,24)/t12-,18+/m0/s1. The summed E-state index contributed by atoms with van der Waals surface area (Å²) < 4.78 is 5.11. The van der Waals surface area contributed by atoms with Crippen LogP contribution in [0, 0.1) is 0 Å². The van der Waals surface area contributed by atoms with Crippen LogP contribution in [-0.2, 0) is 15.1 Å². The summed E-state index contributed by atoms with van der Waals surface area (Å²) >= 11 is 0.